The fourth-order valence-electron chi connectivity index (χ4n) is 3.53. The molecule has 0 aromatic heterocycles. The molecule has 0 unspecified atom stereocenters. The lowest BCUT2D eigenvalue weighted by Gasteiger charge is -2.34. The van der Waals surface area contributed by atoms with Crippen LogP contribution in [-0.4, -0.2) is 66.1 Å². The van der Waals surface area contributed by atoms with Gasteiger partial charge in [0.25, 0.3) is 5.24 Å². The number of thioether (sulfide) groups is 1. The number of benzene rings is 2. The quantitative estimate of drug-likeness (QED) is 0.314. The van der Waals surface area contributed by atoms with Gasteiger partial charge in [0.05, 0.1) is 12.2 Å². The van der Waals surface area contributed by atoms with Gasteiger partial charge in [0.2, 0.25) is 0 Å². The van der Waals surface area contributed by atoms with E-state index in [1.807, 2.05) is 12.1 Å². The maximum Gasteiger partial charge on any atom is 0.338 e. The number of rotatable bonds is 9. The van der Waals surface area contributed by atoms with Gasteiger partial charge in [0.1, 0.15) is 0 Å². The molecule has 6 nitrogen and oxygen atoms in total. The molecule has 3 rings (SSSR count). The average molecular weight is 549 g/mol. The van der Waals surface area contributed by atoms with Crippen molar-refractivity contribution in [1.29, 1.82) is 0 Å². The molecule has 1 aliphatic rings. The largest absolute Gasteiger partial charge is 0.462 e. The lowest BCUT2D eigenvalue weighted by molar-refractivity contribution is 0.0526. The molecule has 1 heterocycles. The zero-order valence-corrected chi connectivity index (χ0v) is 22.4. The highest BCUT2D eigenvalue weighted by Gasteiger charge is 2.16. The Morgan fingerprint density at radius 1 is 0.971 bits per heavy atom. The predicted octanol–water partition coefficient (Wildman–Crippen LogP) is 5.83. The summed E-state index contributed by atoms with van der Waals surface area (Å²) in [6.45, 7) is 8.29. The van der Waals surface area contributed by atoms with Crippen molar-refractivity contribution in [2.24, 2.45) is 0 Å². The highest BCUT2D eigenvalue weighted by atomic mass is 35.5. The first-order valence-electron chi connectivity index (χ1n) is 10.9. The third-order valence-corrected chi connectivity index (χ3v) is 6.39. The Morgan fingerprint density at radius 2 is 1.59 bits per heavy atom. The predicted molar refractivity (Wildman–Crippen MR) is 146 cm³/mol. The maximum atomic E-state index is 12.2. The minimum atomic E-state index is -0.356. The Balaban J connectivity index is 0.00000289. The smallest absolute Gasteiger partial charge is 0.338 e. The molecule has 1 N–H and O–H groups in total. The maximum absolute atomic E-state index is 12.2. The van der Waals surface area contributed by atoms with Gasteiger partial charge >= 0.3 is 5.97 Å². The van der Waals surface area contributed by atoms with Crippen molar-refractivity contribution in [1.82, 2.24) is 9.80 Å². The number of carbonyl (C=O) groups is 2. The lowest BCUT2D eigenvalue weighted by atomic mass is 10.2. The van der Waals surface area contributed by atoms with Crippen molar-refractivity contribution in [3.05, 3.63) is 64.7 Å². The van der Waals surface area contributed by atoms with E-state index in [4.69, 9.17) is 16.3 Å². The number of esters is 1. The van der Waals surface area contributed by atoms with Gasteiger partial charge in [-0.3, -0.25) is 9.69 Å². The molecule has 0 atom stereocenters. The number of nitrogens with zero attached hydrogens (tertiary/aromatic N) is 2. The van der Waals surface area contributed by atoms with Crippen LogP contribution in [0.15, 0.2) is 48.5 Å². The molecular weight excluding hydrogens is 517 g/mol. The Bertz CT molecular complexity index is 877. The van der Waals surface area contributed by atoms with Crippen molar-refractivity contribution >= 4 is 65.1 Å². The summed E-state index contributed by atoms with van der Waals surface area (Å²) in [5, 5.41) is 3.55. The summed E-state index contributed by atoms with van der Waals surface area (Å²) >= 11 is 7.25. The van der Waals surface area contributed by atoms with Gasteiger partial charge in [0.15, 0.2) is 0 Å². The van der Waals surface area contributed by atoms with E-state index in [-0.39, 0.29) is 36.0 Å². The second-order valence-corrected chi connectivity index (χ2v) is 9.16. The molecule has 2 aromatic rings. The summed E-state index contributed by atoms with van der Waals surface area (Å²) in [6.07, 6.45) is 0.969. The molecule has 0 saturated carbocycles. The van der Waals surface area contributed by atoms with Gasteiger partial charge in [-0.25, -0.2) is 4.79 Å². The van der Waals surface area contributed by atoms with Crippen LogP contribution in [0.25, 0.3) is 0 Å². The van der Waals surface area contributed by atoms with E-state index in [1.165, 1.54) is 17.3 Å². The van der Waals surface area contributed by atoms with Crippen LogP contribution in [0.4, 0.5) is 10.5 Å². The molecule has 1 amide bonds. The summed E-state index contributed by atoms with van der Waals surface area (Å²) in [5.74, 6) is 0.420. The molecule has 188 valence electrons. The van der Waals surface area contributed by atoms with Crippen LogP contribution in [-0.2, 0) is 11.3 Å². The second-order valence-electron chi connectivity index (χ2n) is 7.66. The van der Waals surface area contributed by atoms with E-state index >= 15 is 0 Å². The first-order chi connectivity index (χ1) is 15.5. The number of halogens is 3. The number of hydrogen-bond acceptors (Lipinski definition) is 6. The van der Waals surface area contributed by atoms with E-state index in [1.54, 1.807) is 31.2 Å². The number of nitrogens with one attached hydrogen (secondary N) is 1. The number of ether oxygens (including phenoxy) is 1. The van der Waals surface area contributed by atoms with E-state index < -0.39 is 0 Å². The first-order valence-corrected chi connectivity index (χ1v) is 12.3. The van der Waals surface area contributed by atoms with Crippen LogP contribution in [0.2, 0.25) is 5.02 Å². The fourth-order valence-corrected chi connectivity index (χ4v) is 4.30. The molecule has 1 fully saturated rings. The number of carbonyl (C=O) groups excluding carboxylic acids is 2. The van der Waals surface area contributed by atoms with Gasteiger partial charge < -0.3 is 15.0 Å². The molecule has 34 heavy (non-hydrogen) atoms. The summed E-state index contributed by atoms with van der Waals surface area (Å²) in [6, 6.07) is 14.8. The van der Waals surface area contributed by atoms with Crippen molar-refractivity contribution in [3.8, 4) is 0 Å². The second kappa shape index (κ2) is 16.2. The zero-order chi connectivity index (χ0) is 22.8. The van der Waals surface area contributed by atoms with Crippen molar-refractivity contribution < 1.29 is 14.3 Å². The highest BCUT2D eigenvalue weighted by molar-refractivity contribution is 8.13. The Hall–Kier alpha value is -1.48. The molecule has 10 heteroatoms. The van der Waals surface area contributed by atoms with Gasteiger partial charge in [0, 0.05) is 49.2 Å². The van der Waals surface area contributed by atoms with E-state index in [9.17, 15) is 9.59 Å². The van der Waals surface area contributed by atoms with Crippen LogP contribution < -0.4 is 5.32 Å². The monoisotopic (exact) mass is 547 g/mol. The van der Waals surface area contributed by atoms with E-state index in [0.29, 0.717) is 17.9 Å². The Labute approximate surface area is 223 Å². The summed E-state index contributed by atoms with van der Waals surface area (Å²) in [4.78, 5) is 28.8. The number of anilines is 1. The standard InChI is InChI=1S/C24H30ClN3O3S.2ClH/c1-2-31-23(29)20-6-10-22(11-7-20)26-24(30)32-17-3-12-27-13-15-28(16-14-27)18-19-4-8-21(25)9-5-19;;/h4-11H,2-3,12-18H2,1H3,(H,26,30);2*1H. The highest BCUT2D eigenvalue weighted by Crippen LogP contribution is 2.16. The molecular formula is C24H32Cl3N3O3S. The molecule has 0 bridgehead atoms. The van der Waals surface area contributed by atoms with Crippen molar-refractivity contribution in [2.45, 2.75) is 19.9 Å². The van der Waals surface area contributed by atoms with Gasteiger partial charge in [-0.1, -0.05) is 35.5 Å². The average Bonchev–Trinajstić information content (AvgIpc) is 2.80. The summed E-state index contributed by atoms with van der Waals surface area (Å²) < 4.78 is 4.96. The molecule has 1 saturated heterocycles. The summed E-state index contributed by atoms with van der Waals surface area (Å²) in [5.41, 5.74) is 2.44. The molecule has 0 radical (unpaired) electrons. The third-order valence-electron chi connectivity index (χ3n) is 5.28. The Morgan fingerprint density at radius 3 is 2.21 bits per heavy atom. The number of piperazine rings is 1. The molecule has 2 aromatic carbocycles. The molecule has 0 spiro atoms. The van der Waals surface area contributed by atoms with E-state index in [2.05, 4.69) is 27.2 Å². The normalized spacial score (nSPS) is 13.9. The van der Waals surface area contributed by atoms with Gasteiger partial charge in [-0.05, 0) is 61.9 Å². The third kappa shape index (κ3) is 10.4. The lowest BCUT2D eigenvalue weighted by Crippen LogP contribution is -2.46. The number of amides is 1. The molecule has 1 aliphatic heterocycles. The minimum absolute atomic E-state index is 0. The van der Waals surface area contributed by atoms with Crippen LogP contribution >= 0.6 is 48.2 Å². The number of hydrogen-bond donors (Lipinski definition) is 1. The fraction of sp³-hybridized carbons (Fsp3) is 0.417. The van der Waals surface area contributed by atoms with Crippen LogP contribution in [0, 0.1) is 0 Å². The van der Waals surface area contributed by atoms with Crippen LogP contribution in [0.5, 0.6) is 0 Å². The van der Waals surface area contributed by atoms with E-state index in [0.717, 1.165) is 56.5 Å². The van der Waals surface area contributed by atoms with Crippen molar-refractivity contribution in [3.63, 3.8) is 0 Å². The molecule has 0 aliphatic carbocycles. The summed E-state index contributed by atoms with van der Waals surface area (Å²) in [7, 11) is 0. The zero-order valence-electron chi connectivity index (χ0n) is 19.2. The van der Waals surface area contributed by atoms with Gasteiger partial charge in [-0.15, -0.1) is 24.8 Å². The SMILES string of the molecule is CCOC(=O)c1ccc(NC(=O)SCCCN2CCN(Cc3ccc(Cl)cc3)CC2)cc1.Cl.Cl. The topological polar surface area (TPSA) is 61.9 Å². The first kappa shape index (κ1) is 30.6. The van der Waals surface area contributed by atoms with Crippen LogP contribution in [0.1, 0.15) is 29.3 Å². The van der Waals surface area contributed by atoms with Gasteiger partial charge in [-0.2, -0.15) is 0 Å². The van der Waals surface area contributed by atoms with Crippen LogP contribution in [0.3, 0.4) is 0 Å². The van der Waals surface area contributed by atoms with Crippen molar-refractivity contribution in [2.75, 3.05) is 50.4 Å². The minimum Gasteiger partial charge on any atom is -0.462 e. The Kier molecular flexibility index (Phi) is 14.6.